The predicted octanol–water partition coefficient (Wildman–Crippen LogP) is 12.7. The van der Waals surface area contributed by atoms with Crippen LogP contribution < -0.4 is 10.6 Å². The van der Waals surface area contributed by atoms with Gasteiger partial charge in [-0.05, 0) is 24.0 Å². The molecule has 2 amide bonds. The van der Waals surface area contributed by atoms with E-state index in [-0.39, 0.29) is 11.8 Å². The van der Waals surface area contributed by atoms with E-state index in [0.717, 1.165) is 36.8 Å². The molecule has 0 fully saturated rings. The van der Waals surface area contributed by atoms with E-state index in [1.54, 1.807) is 0 Å². The first-order valence-electron chi connectivity index (χ1n) is 20.3. The van der Waals surface area contributed by atoms with Gasteiger partial charge in [-0.3, -0.25) is 9.59 Å². The van der Waals surface area contributed by atoms with Crippen LogP contribution >= 0.6 is 0 Å². The lowest BCUT2D eigenvalue weighted by Gasteiger charge is -2.08. The molecule has 4 heteroatoms. The molecule has 0 aliphatic rings. The van der Waals surface area contributed by atoms with Crippen LogP contribution in [0.2, 0.25) is 0 Å². The third-order valence-corrected chi connectivity index (χ3v) is 9.52. The molecule has 0 heterocycles. The molecule has 0 aliphatic heterocycles. The van der Waals surface area contributed by atoms with Crippen molar-refractivity contribution in [1.82, 2.24) is 10.6 Å². The maximum Gasteiger partial charge on any atom is 0.220 e. The zero-order chi connectivity index (χ0) is 33.2. The Bertz CT molecular complexity index is 739. The lowest BCUT2D eigenvalue weighted by Crippen LogP contribution is -2.23. The van der Waals surface area contributed by atoms with Crippen LogP contribution in [0.5, 0.6) is 0 Å². The Morgan fingerprint density at radius 3 is 0.826 bits per heavy atom. The van der Waals surface area contributed by atoms with Crippen molar-refractivity contribution >= 4 is 11.8 Å². The Morgan fingerprint density at radius 1 is 0.370 bits per heavy atom. The lowest BCUT2D eigenvalue weighted by molar-refractivity contribution is -0.122. The summed E-state index contributed by atoms with van der Waals surface area (Å²) in [7, 11) is 0. The zero-order valence-electron chi connectivity index (χ0n) is 30.8. The van der Waals surface area contributed by atoms with Gasteiger partial charge in [0.05, 0.1) is 0 Å². The quantitative estimate of drug-likeness (QED) is 0.0736. The Balaban J connectivity index is 1.92. The van der Waals surface area contributed by atoms with E-state index in [1.807, 2.05) is 0 Å². The van der Waals surface area contributed by atoms with Gasteiger partial charge in [0.15, 0.2) is 0 Å². The second-order valence-electron chi connectivity index (χ2n) is 14.1. The SMILES string of the molecule is CCCCCCCCCCCCCCCCC(=O)NCc1ccc(CNC(=O)CCCCCCCCCCCCCCCC)cc1. The molecule has 2 N–H and O–H groups in total. The molecule has 1 aromatic rings. The summed E-state index contributed by atoms with van der Waals surface area (Å²) in [6.45, 7) is 5.70. The summed E-state index contributed by atoms with van der Waals surface area (Å²) in [5, 5.41) is 6.13. The van der Waals surface area contributed by atoms with Crippen molar-refractivity contribution in [2.24, 2.45) is 0 Å². The highest BCUT2D eigenvalue weighted by Gasteiger charge is 2.04. The van der Waals surface area contributed by atoms with E-state index in [9.17, 15) is 9.59 Å². The molecule has 0 unspecified atom stereocenters. The fourth-order valence-electron chi connectivity index (χ4n) is 6.31. The van der Waals surface area contributed by atoms with Gasteiger partial charge in [0.25, 0.3) is 0 Å². The average molecular weight is 641 g/mol. The molecule has 4 nitrogen and oxygen atoms in total. The van der Waals surface area contributed by atoms with Crippen LogP contribution in [0.1, 0.15) is 218 Å². The molecule has 1 aromatic carbocycles. The second-order valence-corrected chi connectivity index (χ2v) is 14.1. The van der Waals surface area contributed by atoms with E-state index < -0.39 is 0 Å². The molecule has 0 spiro atoms. The van der Waals surface area contributed by atoms with Crippen molar-refractivity contribution in [3.63, 3.8) is 0 Å². The van der Waals surface area contributed by atoms with E-state index in [2.05, 4.69) is 48.7 Å². The Morgan fingerprint density at radius 2 is 0.587 bits per heavy atom. The fraction of sp³-hybridized carbons (Fsp3) is 0.810. The van der Waals surface area contributed by atoms with Crippen LogP contribution in [-0.4, -0.2) is 11.8 Å². The zero-order valence-corrected chi connectivity index (χ0v) is 30.8. The van der Waals surface area contributed by atoms with Crippen LogP contribution in [0.3, 0.4) is 0 Å². The summed E-state index contributed by atoms with van der Waals surface area (Å²) in [4.78, 5) is 24.5. The molecule has 0 bridgehead atoms. The molecule has 0 aromatic heterocycles. The monoisotopic (exact) mass is 641 g/mol. The van der Waals surface area contributed by atoms with Crippen molar-refractivity contribution < 1.29 is 9.59 Å². The first-order chi connectivity index (χ1) is 22.7. The maximum absolute atomic E-state index is 12.3. The summed E-state index contributed by atoms with van der Waals surface area (Å²) in [5.74, 6) is 0.303. The standard InChI is InChI=1S/C42H76N2O2/c1-3-5-7-9-11-13-15-17-19-21-23-25-27-29-31-41(45)43-37-39-33-35-40(36-34-39)38-44-42(46)32-30-28-26-24-22-20-18-16-14-12-10-8-6-4-2/h33-36H,3-32,37-38H2,1-2H3,(H,43,45)(H,44,46). The molecule has 0 aliphatic carbocycles. The number of nitrogens with one attached hydrogen (secondary N) is 2. The van der Waals surface area contributed by atoms with Crippen molar-refractivity contribution in [3.8, 4) is 0 Å². The molecular weight excluding hydrogens is 564 g/mol. The number of unbranched alkanes of at least 4 members (excludes halogenated alkanes) is 26. The predicted molar refractivity (Wildman–Crippen MR) is 200 cm³/mol. The lowest BCUT2D eigenvalue weighted by atomic mass is 10.0. The molecule has 0 atom stereocenters. The normalized spacial score (nSPS) is 11.2. The van der Waals surface area contributed by atoms with Gasteiger partial charge in [0.1, 0.15) is 0 Å². The summed E-state index contributed by atoms with van der Waals surface area (Å²) in [6, 6.07) is 8.23. The highest BCUT2D eigenvalue weighted by Crippen LogP contribution is 2.15. The number of hydrogen-bond acceptors (Lipinski definition) is 2. The minimum Gasteiger partial charge on any atom is -0.352 e. The smallest absolute Gasteiger partial charge is 0.220 e. The summed E-state index contributed by atoms with van der Waals surface area (Å²) >= 11 is 0. The van der Waals surface area contributed by atoms with Gasteiger partial charge >= 0.3 is 0 Å². The van der Waals surface area contributed by atoms with E-state index in [4.69, 9.17) is 0 Å². The number of carbonyl (C=O) groups is 2. The van der Waals surface area contributed by atoms with Gasteiger partial charge in [0, 0.05) is 25.9 Å². The van der Waals surface area contributed by atoms with Crippen molar-refractivity contribution in [2.45, 2.75) is 220 Å². The third-order valence-electron chi connectivity index (χ3n) is 9.52. The molecule has 0 radical (unpaired) electrons. The van der Waals surface area contributed by atoms with Gasteiger partial charge in [-0.25, -0.2) is 0 Å². The topological polar surface area (TPSA) is 58.2 Å². The number of rotatable bonds is 34. The third kappa shape index (κ3) is 28.4. The van der Waals surface area contributed by atoms with Crippen LogP contribution in [0.25, 0.3) is 0 Å². The number of amides is 2. The minimum absolute atomic E-state index is 0.152. The van der Waals surface area contributed by atoms with Gasteiger partial charge in [-0.15, -0.1) is 0 Å². The summed E-state index contributed by atoms with van der Waals surface area (Å²) in [5.41, 5.74) is 2.21. The van der Waals surface area contributed by atoms with Crippen molar-refractivity contribution in [1.29, 1.82) is 0 Å². The summed E-state index contributed by atoms with van der Waals surface area (Å²) in [6.07, 6.45) is 38.6. The van der Waals surface area contributed by atoms with E-state index in [1.165, 1.54) is 154 Å². The summed E-state index contributed by atoms with van der Waals surface area (Å²) < 4.78 is 0. The van der Waals surface area contributed by atoms with E-state index in [0.29, 0.717) is 25.9 Å². The number of hydrogen-bond donors (Lipinski definition) is 2. The van der Waals surface area contributed by atoms with Gasteiger partial charge in [0.2, 0.25) is 11.8 Å². The molecule has 1 rings (SSSR count). The fourth-order valence-corrected chi connectivity index (χ4v) is 6.31. The molecule has 46 heavy (non-hydrogen) atoms. The molecule has 266 valence electrons. The van der Waals surface area contributed by atoms with Crippen LogP contribution in [0.15, 0.2) is 24.3 Å². The highest BCUT2D eigenvalue weighted by atomic mass is 16.2. The Kier molecular flexibility index (Phi) is 30.3. The van der Waals surface area contributed by atoms with Crippen molar-refractivity contribution in [3.05, 3.63) is 35.4 Å². The van der Waals surface area contributed by atoms with Crippen LogP contribution in [0.4, 0.5) is 0 Å². The van der Waals surface area contributed by atoms with Gasteiger partial charge in [-0.1, -0.05) is 205 Å². The van der Waals surface area contributed by atoms with Crippen molar-refractivity contribution in [2.75, 3.05) is 0 Å². The van der Waals surface area contributed by atoms with Crippen LogP contribution in [0, 0.1) is 0 Å². The van der Waals surface area contributed by atoms with Gasteiger partial charge in [-0.2, -0.15) is 0 Å². The number of benzene rings is 1. The molecule has 0 saturated carbocycles. The average Bonchev–Trinajstić information content (AvgIpc) is 3.07. The van der Waals surface area contributed by atoms with Gasteiger partial charge < -0.3 is 10.6 Å². The largest absolute Gasteiger partial charge is 0.352 e. The number of carbonyl (C=O) groups excluding carboxylic acids is 2. The first kappa shape index (κ1) is 42.2. The minimum atomic E-state index is 0.152. The van der Waals surface area contributed by atoms with E-state index >= 15 is 0 Å². The van der Waals surface area contributed by atoms with Crippen LogP contribution in [-0.2, 0) is 22.7 Å². The highest BCUT2D eigenvalue weighted by molar-refractivity contribution is 5.76. The maximum atomic E-state index is 12.3. The first-order valence-corrected chi connectivity index (χ1v) is 20.3. The molecule has 0 saturated heterocycles. The molecular formula is C42H76N2O2. The Hall–Kier alpha value is -1.84. The second kappa shape index (κ2) is 33.1. The Labute approximate surface area is 286 Å².